The van der Waals surface area contributed by atoms with Crippen molar-refractivity contribution < 1.29 is 29.6 Å². The van der Waals surface area contributed by atoms with Gasteiger partial charge in [-0.1, -0.05) is 43.9 Å². The first kappa shape index (κ1) is 45.1. The van der Waals surface area contributed by atoms with Crippen LogP contribution in [0, 0.1) is 5.92 Å². The second-order valence-corrected chi connectivity index (χ2v) is 12.3. The Kier molecular flexibility index (Phi) is 22.9. The number of benzene rings is 1. The van der Waals surface area contributed by atoms with Gasteiger partial charge in [0, 0.05) is 65.4 Å². The largest absolute Gasteiger partial charge is 0.485 e. The molecule has 51 heavy (non-hydrogen) atoms. The number of piperidine rings is 1. The van der Waals surface area contributed by atoms with Gasteiger partial charge < -0.3 is 45.2 Å². The van der Waals surface area contributed by atoms with Gasteiger partial charge in [-0.05, 0) is 77.3 Å². The highest BCUT2D eigenvalue weighted by molar-refractivity contribution is 5.81. The topological polar surface area (TPSA) is 157 Å². The summed E-state index contributed by atoms with van der Waals surface area (Å²) in [6, 6.07) is 8.19. The molecule has 0 radical (unpaired) electrons. The maximum absolute atomic E-state index is 13.0. The second-order valence-electron chi connectivity index (χ2n) is 12.3. The summed E-state index contributed by atoms with van der Waals surface area (Å²) in [6.45, 7) is 19.6. The summed E-state index contributed by atoms with van der Waals surface area (Å²) in [4.78, 5) is 27.9. The van der Waals surface area contributed by atoms with Gasteiger partial charge >= 0.3 is 0 Å². The quantitative estimate of drug-likeness (QED) is 0.0404. The maximum Gasteiger partial charge on any atom is 0.222 e. The highest BCUT2D eigenvalue weighted by Gasteiger charge is 2.33. The van der Waals surface area contributed by atoms with E-state index in [0.29, 0.717) is 75.5 Å². The Morgan fingerprint density at radius 2 is 1.82 bits per heavy atom. The summed E-state index contributed by atoms with van der Waals surface area (Å²) in [5.41, 5.74) is 9.42. The van der Waals surface area contributed by atoms with E-state index in [1.165, 1.54) is 0 Å². The number of para-hydroxylation sites is 2. The molecule has 12 heteroatoms. The van der Waals surface area contributed by atoms with Crippen LogP contribution in [0.15, 0.2) is 82.3 Å². The van der Waals surface area contributed by atoms with E-state index in [9.17, 15) is 9.90 Å². The summed E-state index contributed by atoms with van der Waals surface area (Å²) < 4.78 is 11.9. The number of carbonyl (C=O) groups excluding carboxylic acids is 1. The third-order valence-corrected chi connectivity index (χ3v) is 8.87. The Bertz CT molecular complexity index is 1310. The fourth-order valence-corrected chi connectivity index (χ4v) is 6.35. The molecule has 1 aromatic carbocycles. The molecule has 3 rings (SSSR count). The minimum atomic E-state index is -0.116. The van der Waals surface area contributed by atoms with Crippen molar-refractivity contribution in [1.29, 1.82) is 0 Å². The van der Waals surface area contributed by atoms with Crippen molar-refractivity contribution in [2.75, 3.05) is 65.3 Å². The van der Waals surface area contributed by atoms with Crippen LogP contribution in [0.1, 0.15) is 66.2 Å². The van der Waals surface area contributed by atoms with Crippen LogP contribution < -0.4 is 10.6 Å². The van der Waals surface area contributed by atoms with Gasteiger partial charge in [0.25, 0.3) is 0 Å². The first-order chi connectivity index (χ1) is 24.7. The summed E-state index contributed by atoms with van der Waals surface area (Å²) in [5.74, 6) is 1.44. The van der Waals surface area contributed by atoms with Gasteiger partial charge in [0.05, 0.1) is 29.4 Å². The van der Waals surface area contributed by atoms with Crippen molar-refractivity contribution in [3.05, 3.63) is 72.3 Å². The number of allylic oxidation sites excluding steroid dienone is 4. The molecule has 2 aliphatic heterocycles. The van der Waals surface area contributed by atoms with E-state index in [-0.39, 0.29) is 24.6 Å². The van der Waals surface area contributed by atoms with Crippen LogP contribution in [0.25, 0.3) is 0 Å². The number of aliphatic imine (C=N–C) groups is 2. The zero-order valence-corrected chi connectivity index (χ0v) is 31.8. The number of nitrogens with two attached hydrogens (primary N) is 1. The number of aliphatic hydroxyl groups excluding tert-OH is 3. The van der Waals surface area contributed by atoms with E-state index in [1.807, 2.05) is 72.2 Å². The number of hydrogen-bond acceptors (Lipinski definition) is 10. The summed E-state index contributed by atoms with van der Waals surface area (Å²) in [7, 11) is 2.00. The van der Waals surface area contributed by atoms with Gasteiger partial charge in [0.1, 0.15) is 19.2 Å². The SMILES string of the molecule is C=Nc1ccccc1N(CO)C1CCN(C(=O)CCCOCCC(N)=N/C(C)=C(/OC/C=C\C=C/C)C(=C)N2CCC[C@H]2C)C[C@@H]1C.CO.CO. The van der Waals surface area contributed by atoms with Crippen molar-refractivity contribution in [1.82, 2.24) is 9.80 Å². The van der Waals surface area contributed by atoms with Gasteiger partial charge in [-0.25, -0.2) is 4.99 Å². The molecule has 286 valence electrons. The first-order valence-corrected chi connectivity index (χ1v) is 17.8. The highest BCUT2D eigenvalue weighted by atomic mass is 16.5. The first-order valence-electron chi connectivity index (χ1n) is 17.8. The standard InChI is InChI=1S/C37H56N6O4.2CH4O/c1-7-8-9-12-24-47-37(31(5)42-21-13-15-29(42)3)30(4)40-35(38)20-25-46-23-14-18-36(45)41-22-19-33(28(2)26-41)43(27-44)34-17-11-10-16-32(34)39-6;2*1-2/h7-12,16-17,28-29,33,44H,5-6,13-15,18-27H2,1-4H3,(H2,38,40);2*2H,1H3/b8-7-,12-9-,37-30+;;/t28-,29+,33?;;/m0../s1. The molecule has 12 nitrogen and oxygen atoms in total. The van der Waals surface area contributed by atoms with Crippen LogP contribution in [-0.4, -0.2) is 116 Å². The lowest BCUT2D eigenvalue weighted by Gasteiger charge is -2.43. The molecule has 1 unspecified atom stereocenters. The highest BCUT2D eigenvalue weighted by Crippen LogP contribution is 2.33. The molecular weight excluding hydrogens is 648 g/mol. The molecule has 5 N–H and O–H groups in total. The van der Waals surface area contributed by atoms with Crippen molar-refractivity contribution in [2.45, 2.75) is 78.3 Å². The van der Waals surface area contributed by atoms with Crippen LogP contribution in [0.5, 0.6) is 0 Å². The lowest BCUT2D eigenvalue weighted by atomic mass is 9.91. The Labute approximate surface area is 306 Å². The molecule has 0 spiro atoms. The molecule has 0 aromatic heterocycles. The number of amides is 1. The van der Waals surface area contributed by atoms with Crippen LogP contribution in [0.2, 0.25) is 0 Å². The molecule has 2 fully saturated rings. The molecule has 1 amide bonds. The number of aliphatic hydroxyl groups is 3. The van der Waals surface area contributed by atoms with Crippen LogP contribution in [0.3, 0.4) is 0 Å². The van der Waals surface area contributed by atoms with E-state index in [0.717, 1.165) is 57.1 Å². The molecule has 2 aliphatic rings. The normalized spacial score (nSPS) is 19.5. The predicted molar refractivity (Wildman–Crippen MR) is 209 cm³/mol. The number of anilines is 1. The Balaban J connectivity index is 0.00000313. The maximum atomic E-state index is 13.0. The third-order valence-electron chi connectivity index (χ3n) is 8.87. The average molecular weight is 713 g/mol. The lowest BCUT2D eigenvalue weighted by molar-refractivity contribution is -0.133. The average Bonchev–Trinajstić information content (AvgIpc) is 3.59. The zero-order chi connectivity index (χ0) is 38.2. The minimum Gasteiger partial charge on any atom is -0.485 e. The van der Waals surface area contributed by atoms with E-state index < -0.39 is 0 Å². The Morgan fingerprint density at radius 1 is 1.10 bits per heavy atom. The molecule has 1 aromatic rings. The molecule has 0 saturated carbocycles. The number of carbonyl (C=O) groups is 1. The van der Waals surface area contributed by atoms with Crippen LogP contribution in [-0.2, 0) is 14.3 Å². The van der Waals surface area contributed by atoms with Gasteiger partial charge in [-0.15, -0.1) is 0 Å². The van der Waals surface area contributed by atoms with Gasteiger partial charge in [0.15, 0.2) is 5.76 Å². The molecule has 2 saturated heterocycles. The van der Waals surface area contributed by atoms with Gasteiger partial charge in [-0.2, -0.15) is 0 Å². The van der Waals surface area contributed by atoms with Crippen molar-refractivity contribution in [3.8, 4) is 0 Å². The number of rotatable bonds is 18. The number of likely N-dealkylation sites (tertiary alicyclic amines) is 2. The van der Waals surface area contributed by atoms with Crippen LogP contribution in [0.4, 0.5) is 11.4 Å². The predicted octanol–water partition coefficient (Wildman–Crippen LogP) is 5.15. The summed E-state index contributed by atoms with van der Waals surface area (Å²) in [6.07, 6.45) is 12.4. The van der Waals surface area contributed by atoms with E-state index in [2.05, 4.69) is 42.0 Å². The number of amidine groups is 1. The van der Waals surface area contributed by atoms with E-state index in [1.54, 1.807) is 0 Å². The molecule has 0 aliphatic carbocycles. The summed E-state index contributed by atoms with van der Waals surface area (Å²) in [5, 5.41) is 24.2. The lowest BCUT2D eigenvalue weighted by Crippen LogP contribution is -2.52. The van der Waals surface area contributed by atoms with E-state index >= 15 is 0 Å². The van der Waals surface area contributed by atoms with Gasteiger partial charge in [-0.3, -0.25) is 9.79 Å². The molecule has 2 heterocycles. The monoisotopic (exact) mass is 712 g/mol. The molecular formula is C39H64N6O6. The minimum absolute atomic E-state index is 0.102. The van der Waals surface area contributed by atoms with Crippen molar-refractivity contribution in [2.24, 2.45) is 21.6 Å². The third kappa shape index (κ3) is 14.7. The fraction of sp³-hybridized carbons (Fsp3) is 0.564. The fourth-order valence-electron chi connectivity index (χ4n) is 6.35. The van der Waals surface area contributed by atoms with Crippen molar-refractivity contribution >= 4 is 29.8 Å². The summed E-state index contributed by atoms with van der Waals surface area (Å²) >= 11 is 0. The number of ether oxygens (including phenoxy) is 2. The Morgan fingerprint density at radius 3 is 2.45 bits per heavy atom. The van der Waals surface area contributed by atoms with Crippen molar-refractivity contribution in [3.63, 3.8) is 0 Å². The van der Waals surface area contributed by atoms with Gasteiger partial charge in [0.2, 0.25) is 5.91 Å². The number of hydrogen-bond donors (Lipinski definition) is 4. The zero-order valence-electron chi connectivity index (χ0n) is 31.8. The molecule has 3 atom stereocenters. The Hall–Kier alpha value is -3.97. The van der Waals surface area contributed by atoms with E-state index in [4.69, 9.17) is 25.4 Å². The van der Waals surface area contributed by atoms with Crippen LogP contribution >= 0.6 is 0 Å². The smallest absolute Gasteiger partial charge is 0.222 e. The number of nitrogens with zero attached hydrogens (tertiary/aromatic N) is 5. The molecule has 0 bridgehead atoms. The second kappa shape index (κ2) is 25.9.